The fourth-order valence-electron chi connectivity index (χ4n) is 1.15. The van der Waals surface area contributed by atoms with Gasteiger partial charge in [-0.25, -0.2) is 0 Å². The van der Waals surface area contributed by atoms with Gasteiger partial charge in [-0.1, -0.05) is 15.9 Å². The van der Waals surface area contributed by atoms with Crippen molar-refractivity contribution in [3.05, 3.63) is 28.5 Å². The molecule has 0 aliphatic rings. The minimum absolute atomic E-state index is 0.285. The Morgan fingerprint density at radius 2 is 1.88 bits per heavy atom. The van der Waals surface area contributed by atoms with Gasteiger partial charge in [0.15, 0.2) is 5.92 Å². The molecule has 0 N–H and O–H groups in total. The van der Waals surface area contributed by atoms with Crippen LogP contribution in [0, 0.1) is 0 Å². The third-order valence-electron chi connectivity index (χ3n) is 1.91. The Balaban J connectivity index is 3.10. The van der Waals surface area contributed by atoms with Gasteiger partial charge in [0.2, 0.25) is 0 Å². The molecule has 1 aromatic rings. The van der Waals surface area contributed by atoms with Crippen LogP contribution in [0.15, 0.2) is 22.8 Å². The number of carbonyl (C=O) groups is 2. The number of esters is 2. The van der Waals surface area contributed by atoms with Gasteiger partial charge in [-0.15, -0.1) is 0 Å². The molecule has 0 atom stereocenters. The number of hydrogen-bond donors (Lipinski definition) is 0. The fourth-order valence-corrected chi connectivity index (χ4v) is 1.51. The smallest absolute Gasteiger partial charge is 0.326 e. The summed E-state index contributed by atoms with van der Waals surface area (Å²) in [6.07, 6.45) is 1.48. The van der Waals surface area contributed by atoms with Crippen LogP contribution in [0.4, 0.5) is 0 Å². The summed E-state index contributed by atoms with van der Waals surface area (Å²) >= 11 is 3.23. The van der Waals surface area contributed by atoms with Crippen molar-refractivity contribution >= 4 is 27.9 Å². The number of ether oxygens (including phenoxy) is 2. The quantitative estimate of drug-likeness (QED) is 0.619. The van der Waals surface area contributed by atoms with Crippen LogP contribution in [0.25, 0.3) is 0 Å². The molecule has 86 valence electrons. The second kappa shape index (κ2) is 5.60. The maximum absolute atomic E-state index is 11.4. The molecule has 1 aromatic heterocycles. The van der Waals surface area contributed by atoms with Gasteiger partial charge >= 0.3 is 11.9 Å². The Morgan fingerprint density at radius 3 is 2.31 bits per heavy atom. The molecule has 1 heterocycles. The fraction of sp³-hybridized carbons (Fsp3) is 0.300. The Bertz CT molecular complexity index is 392. The van der Waals surface area contributed by atoms with Gasteiger partial charge in [0.05, 0.1) is 19.9 Å². The molecule has 0 radical (unpaired) electrons. The van der Waals surface area contributed by atoms with Crippen LogP contribution in [-0.2, 0) is 19.1 Å². The molecule has 0 fully saturated rings. The van der Waals surface area contributed by atoms with E-state index in [1.54, 1.807) is 12.1 Å². The van der Waals surface area contributed by atoms with Crippen molar-refractivity contribution in [1.82, 2.24) is 4.98 Å². The Labute approximate surface area is 101 Å². The van der Waals surface area contributed by atoms with Crippen molar-refractivity contribution in [3.8, 4) is 0 Å². The molecular weight excluding hydrogens is 278 g/mol. The SMILES string of the molecule is COC(=O)C(C(=O)OC)c1cc(Br)ccn1. The number of aromatic nitrogens is 1. The standard InChI is InChI=1S/C10H10BrNO4/c1-15-9(13)8(10(14)16-2)7-5-6(11)3-4-12-7/h3-5,8H,1-2H3. The van der Waals surface area contributed by atoms with Gasteiger partial charge in [0.25, 0.3) is 0 Å². The number of nitrogens with zero attached hydrogens (tertiary/aromatic N) is 1. The van der Waals surface area contributed by atoms with E-state index < -0.39 is 17.9 Å². The molecule has 16 heavy (non-hydrogen) atoms. The van der Waals surface area contributed by atoms with Crippen molar-refractivity contribution in [3.63, 3.8) is 0 Å². The van der Waals surface area contributed by atoms with Crippen LogP contribution in [0.1, 0.15) is 11.6 Å². The monoisotopic (exact) mass is 287 g/mol. The molecular formula is C10H10BrNO4. The average Bonchev–Trinajstić information content (AvgIpc) is 2.29. The average molecular weight is 288 g/mol. The molecule has 0 amide bonds. The van der Waals surface area contributed by atoms with Gasteiger partial charge in [-0.3, -0.25) is 14.6 Å². The Hall–Kier alpha value is -1.43. The van der Waals surface area contributed by atoms with Crippen LogP contribution >= 0.6 is 15.9 Å². The van der Waals surface area contributed by atoms with E-state index in [1.807, 2.05) is 0 Å². The van der Waals surface area contributed by atoms with E-state index in [0.717, 1.165) is 4.47 Å². The molecule has 0 aliphatic carbocycles. The highest BCUT2D eigenvalue weighted by molar-refractivity contribution is 9.10. The van der Waals surface area contributed by atoms with Gasteiger partial charge in [-0.2, -0.15) is 0 Å². The zero-order valence-corrected chi connectivity index (χ0v) is 10.4. The molecule has 0 spiro atoms. The highest BCUT2D eigenvalue weighted by Gasteiger charge is 2.31. The lowest BCUT2D eigenvalue weighted by Crippen LogP contribution is -2.25. The molecule has 5 nitrogen and oxygen atoms in total. The number of pyridine rings is 1. The third kappa shape index (κ3) is 2.79. The summed E-state index contributed by atoms with van der Waals surface area (Å²) in [7, 11) is 2.41. The minimum atomic E-state index is -1.15. The summed E-state index contributed by atoms with van der Waals surface area (Å²) in [5.74, 6) is -2.54. The molecule has 0 aliphatic heterocycles. The summed E-state index contributed by atoms with van der Waals surface area (Å²) < 4.78 is 9.79. The lowest BCUT2D eigenvalue weighted by Gasteiger charge is -2.11. The Kier molecular flexibility index (Phi) is 4.42. The molecule has 0 saturated carbocycles. The topological polar surface area (TPSA) is 65.5 Å². The number of halogens is 1. The van der Waals surface area contributed by atoms with Crippen molar-refractivity contribution < 1.29 is 19.1 Å². The number of hydrogen-bond acceptors (Lipinski definition) is 5. The van der Waals surface area contributed by atoms with Crippen LogP contribution < -0.4 is 0 Å². The normalized spacial score (nSPS) is 10.0. The highest BCUT2D eigenvalue weighted by Crippen LogP contribution is 2.20. The van der Waals surface area contributed by atoms with E-state index in [9.17, 15) is 9.59 Å². The van der Waals surface area contributed by atoms with E-state index in [2.05, 4.69) is 30.4 Å². The van der Waals surface area contributed by atoms with E-state index in [4.69, 9.17) is 0 Å². The van der Waals surface area contributed by atoms with Gasteiger partial charge in [-0.05, 0) is 12.1 Å². The predicted molar refractivity (Wildman–Crippen MR) is 58.7 cm³/mol. The van der Waals surface area contributed by atoms with Crippen molar-refractivity contribution in [2.24, 2.45) is 0 Å². The molecule has 0 bridgehead atoms. The second-order valence-corrected chi connectivity index (χ2v) is 3.79. The lowest BCUT2D eigenvalue weighted by atomic mass is 10.1. The summed E-state index contributed by atoms with van der Waals surface area (Å²) in [5, 5.41) is 0. The van der Waals surface area contributed by atoms with Crippen molar-refractivity contribution in [2.45, 2.75) is 5.92 Å². The van der Waals surface area contributed by atoms with Crippen LogP contribution in [-0.4, -0.2) is 31.1 Å². The summed E-state index contributed by atoms with van der Waals surface area (Å²) in [5.41, 5.74) is 0.285. The first-order valence-corrected chi connectivity index (χ1v) is 5.16. The van der Waals surface area contributed by atoms with Crippen molar-refractivity contribution in [1.29, 1.82) is 0 Å². The molecule has 0 unspecified atom stereocenters. The number of methoxy groups -OCH3 is 2. The molecule has 6 heteroatoms. The van der Waals surface area contributed by atoms with E-state index in [0.29, 0.717) is 0 Å². The zero-order chi connectivity index (χ0) is 12.1. The third-order valence-corrected chi connectivity index (χ3v) is 2.41. The number of carbonyl (C=O) groups excluding carboxylic acids is 2. The van der Waals surface area contributed by atoms with Crippen LogP contribution in [0.5, 0.6) is 0 Å². The van der Waals surface area contributed by atoms with Crippen molar-refractivity contribution in [2.75, 3.05) is 14.2 Å². The first-order chi connectivity index (χ1) is 7.60. The lowest BCUT2D eigenvalue weighted by molar-refractivity contribution is -0.154. The highest BCUT2D eigenvalue weighted by atomic mass is 79.9. The first kappa shape index (κ1) is 12.6. The molecule has 0 saturated heterocycles. The zero-order valence-electron chi connectivity index (χ0n) is 8.77. The van der Waals surface area contributed by atoms with Gasteiger partial charge in [0.1, 0.15) is 0 Å². The maximum Gasteiger partial charge on any atom is 0.326 e. The van der Waals surface area contributed by atoms with Crippen LogP contribution in [0.2, 0.25) is 0 Å². The first-order valence-electron chi connectivity index (χ1n) is 4.37. The van der Waals surface area contributed by atoms with Gasteiger partial charge < -0.3 is 9.47 Å². The molecule has 1 rings (SSSR count). The van der Waals surface area contributed by atoms with E-state index in [-0.39, 0.29) is 5.69 Å². The van der Waals surface area contributed by atoms with Gasteiger partial charge in [0, 0.05) is 10.7 Å². The predicted octanol–water partition coefficient (Wildman–Crippen LogP) is 1.27. The minimum Gasteiger partial charge on any atom is -0.468 e. The number of rotatable bonds is 3. The Morgan fingerprint density at radius 1 is 1.31 bits per heavy atom. The largest absolute Gasteiger partial charge is 0.468 e. The van der Waals surface area contributed by atoms with Crippen LogP contribution in [0.3, 0.4) is 0 Å². The summed E-state index contributed by atoms with van der Waals surface area (Å²) in [6, 6.07) is 3.26. The maximum atomic E-state index is 11.4. The van der Waals surface area contributed by atoms with E-state index >= 15 is 0 Å². The second-order valence-electron chi connectivity index (χ2n) is 2.88. The van der Waals surface area contributed by atoms with E-state index in [1.165, 1.54) is 20.4 Å². The summed E-state index contributed by atoms with van der Waals surface area (Å²) in [4.78, 5) is 26.8. The summed E-state index contributed by atoms with van der Waals surface area (Å²) in [6.45, 7) is 0. The molecule has 0 aromatic carbocycles.